The number of aryl methyl sites for hydroxylation is 1. The van der Waals surface area contributed by atoms with E-state index in [1.807, 2.05) is 20.8 Å². The normalized spacial score (nSPS) is 13.5. The van der Waals surface area contributed by atoms with Crippen molar-refractivity contribution in [1.82, 2.24) is 0 Å². The van der Waals surface area contributed by atoms with Gasteiger partial charge >= 0.3 is 5.97 Å². The molecule has 0 aliphatic rings. The summed E-state index contributed by atoms with van der Waals surface area (Å²) >= 11 is 0. The standard InChI is InChI=1S/C13H19NO3/c1-7-5-10(15)9(13(2,3)4)6-8(7)11(14)12(16)17/h5-6,11,15H,14H2,1-4H3,(H,16,17). The van der Waals surface area contributed by atoms with E-state index in [1.165, 1.54) is 0 Å². The monoisotopic (exact) mass is 237 g/mol. The zero-order chi connectivity index (χ0) is 13.4. The Balaban J connectivity index is 3.39. The summed E-state index contributed by atoms with van der Waals surface area (Å²) in [7, 11) is 0. The van der Waals surface area contributed by atoms with Crippen LogP contribution in [-0.2, 0) is 10.2 Å². The molecular weight excluding hydrogens is 218 g/mol. The molecule has 0 spiro atoms. The van der Waals surface area contributed by atoms with Gasteiger partial charge in [-0.25, -0.2) is 0 Å². The number of phenols is 1. The number of carboxylic acid groups (broad SMARTS) is 1. The van der Waals surface area contributed by atoms with Crippen LogP contribution in [0.25, 0.3) is 0 Å². The molecule has 0 aliphatic heterocycles. The molecule has 1 aromatic rings. The molecule has 0 aliphatic carbocycles. The summed E-state index contributed by atoms with van der Waals surface area (Å²) in [6.07, 6.45) is 0. The third-order valence-electron chi connectivity index (χ3n) is 2.79. The summed E-state index contributed by atoms with van der Waals surface area (Å²) in [6.45, 7) is 7.60. The predicted molar refractivity (Wildman–Crippen MR) is 66.1 cm³/mol. The molecule has 1 unspecified atom stereocenters. The highest BCUT2D eigenvalue weighted by Gasteiger charge is 2.23. The minimum absolute atomic E-state index is 0.177. The molecule has 0 bridgehead atoms. The van der Waals surface area contributed by atoms with E-state index in [1.54, 1.807) is 19.1 Å². The summed E-state index contributed by atoms with van der Waals surface area (Å²) in [5, 5.41) is 18.8. The Morgan fingerprint density at radius 3 is 2.29 bits per heavy atom. The fourth-order valence-electron chi connectivity index (χ4n) is 1.78. The third-order valence-corrected chi connectivity index (χ3v) is 2.79. The van der Waals surface area contributed by atoms with Crippen molar-refractivity contribution in [3.8, 4) is 5.75 Å². The molecule has 94 valence electrons. The average Bonchev–Trinajstić information content (AvgIpc) is 2.14. The fourth-order valence-corrected chi connectivity index (χ4v) is 1.78. The van der Waals surface area contributed by atoms with Crippen LogP contribution in [0.1, 0.15) is 43.5 Å². The number of aliphatic carboxylic acids is 1. The molecule has 1 aromatic carbocycles. The maximum atomic E-state index is 10.9. The Bertz CT molecular complexity index is 447. The van der Waals surface area contributed by atoms with Crippen molar-refractivity contribution in [2.75, 3.05) is 0 Å². The summed E-state index contributed by atoms with van der Waals surface area (Å²) in [5.74, 6) is -0.894. The Morgan fingerprint density at radius 1 is 1.35 bits per heavy atom. The molecule has 0 amide bonds. The number of hydrogen-bond donors (Lipinski definition) is 3. The van der Waals surface area contributed by atoms with Crippen molar-refractivity contribution >= 4 is 5.97 Å². The molecule has 0 aromatic heterocycles. The van der Waals surface area contributed by atoms with Crippen molar-refractivity contribution < 1.29 is 15.0 Å². The number of rotatable bonds is 2. The molecule has 0 saturated heterocycles. The summed E-state index contributed by atoms with van der Waals surface area (Å²) in [5.41, 5.74) is 7.29. The highest BCUT2D eigenvalue weighted by molar-refractivity contribution is 5.76. The van der Waals surface area contributed by atoms with Crippen LogP contribution in [0.15, 0.2) is 12.1 Å². The van der Waals surface area contributed by atoms with Crippen molar-refractivity contribution in [3.05, 3.63) is 28.8 Å². The minimum atomic E-state index is -1.07. The van der Waals surface area contributed by atoms with Crippen LogP contribution in [0, 0.1) is 6.92 Å². The molecule has 1 atom stereocenters. The van der Waals surface area contributed by atoms with Crippen LogP contribution in [0.5, 0.6) is 5.75 Å². The van der Waals surface area contributed by atoms with Crippen LogP contribution in [-0.4, -0.2) is 16.2 Å². The summed E-state index contributed by atoms with van der Waals surface area (Å²) in [4.78, 5) is 10.9. The lowest BCUT2D eigenvalue weighted by Gasteiger charge is -2.23. The highest BCUT2D eigenvalue weighted by atomic mass is 16.4. The van der Waals surface area contributed by atoms with Crippen molar-refractivity contribution in [3.63, 3.8) is 0 Å². The Hall–Kier alpha value is -1.55. The number of carbonyl (C=O) groups is 1. The molecule has 4 N–H and O–H groups in total. The number of nitrogens with two attached hydrogens (primary N) is 1. The summed E-state index contributed by atoms with van der Waals surface area (Å²) in [6, 6.07) is 2.19. The molecule has 17 heavy (non-hydrogen) atoms. The van der Waals surface area contributed by atoms with Gasteiger partial charge < -0.3 is 15.9 Å². The second kappa shape index (κ2) is 4.37. The van der Waals surface area contributed by atoms with Crippen LogP contribution < -0.4 is 5.73 Å². The van der Waals surface area contributed by atoms with Crippen molar-refractivity contribution in [1.29, 1.82) is 0 Å². The van der Waals surface area contributed by atoms with E-state index in [-0.39, 0.29) is 11.2 Å². The Labute approximate surface area is 101 Å². The predicted octanol–water partition coefficient (Wildman–Crippen LogP) is 2.08. The average molecular weight is 237 g/mol. The van der Waals surface area contributed by atoms with Gasteiger partial charge in [-0.05, 0) is 41.2 Å². The largest absolute Gasteiger partial charge is 0.508 e. The molecule has 4 heteroatoms. The van der Waals surface area contributed by atoms with E-state index in [0.29, 0.717) is 16.7 Å². The van der Waals surface area contributed by atoms with Gasteiger partial charge in [-0.3, -0.25) is 4.79 Å². The Kier molecular flexibility index (Phi) is 3.48. The lowest BCUT2D eigenvalue weighted by atomic mass is 9.83. The van der Waals surface area contributed by atoms with Gasteiger partial charge in [-0.15, -0.1) is 0 Å². The topological polar surface area (TPSA) is 83.5 Å². The lowest BCUT2D eigenvalue weighted by molar-refractivity contribution is -0.138. The van der Waals surface area contributed by atoms with Crippen LogP contribution in [0.4, 0.5) is 0 Å². The number of carboxylic acids is 1. The van der Waals surface area contributed by atoms with Gasteiger partial charge in [-0.2, -0.15) is 0 Å². The second-order valence-corrected chi connectivity index (χ2v) is 5.29. The van der Waals surface area contributed by atoms with E-state index in [4.69, 9.17) is 10.8 Å². The highest BCUT2D eigenvalue weighted by Crippen LogP contribution is 2.34. The molecule has 1 rings (SSSR count). The quantitative estimate of drug-likeness (QED) is 0.735. The zero-order valence-electron chi connectivity index (χ0n) is 10.6. The van der Waals surface area contributed by atoms with Gasteiger partial charge in [0.2, 0.25) is 0 Å². The fraction of sp³-hybridized carbons (Fsp3) is 0.462. The number of hydrogen-bond acceptors (Lipinski definition) is 3. The second-order valence-electron chi connectivity index (χ2n) is 5.29. The van der Waals surface area contributed by atoms with Crippen molar-refractivity contribution in [2.45, 2.75) is 39.2 Å². The van der Waals surface area contributed by atoms with Gasteiger partial charge in [0.25, 0.3) is 0 Å². The number of benzene rings is 1. The minimum Gasteiger partial charge on any atom is -0.508 e. The van der Waals surface area contributed by atoms with E-state index >= 15 is 0 Å². The molecule has 0 heterocycles. The molecule has 0 radical (unpaired) electrons. The van der Waals surface area contributed by atoms with Gasteiger partial charge in [-0.1, -0.05) is 20.8 Å². The van der Waals surface area contributed by atoms with Crippen molar-refractivity contribution in [2.24, 2.45) is 5.73 Å². The number of aromatic hydroxyl groups is 1. The SMILES string of the molecule is Cc1cc(O)c(C(C)(C)C)cc1C(N)C(=O)O. The molecule has 0 fully saturated rings. The first-order chi connectivity index (χ1) is 7.64. The Morgan fingerprint density at radius 2 is 1.88 bits per heavy atom. The van der Waals surface area contributed by atoms with Crippen LogP contribution >= 0.6 is 0 Å². The molecule has 0 saturated carbocycles. The van der Waals surface area contributed by atoms with Gasteiger partial charge in [0.05, 0.1) is 0 Å². The van der Waals surface area contributed by atoms with Gasteiger partial charge in [0.1, 0.15) is 11.8 Å². The van der Waals surface area contributed by atoms with Crippen LogP contribution in [0.2, 0.25) is 0 Å². The van der Waals surface area contributed by atoms with E-state index in [9.17, 15) is 9.90 Å². The molecule has 4 nitrogen and oxygen atoms in total. The van der Waals surface area contributed by atoms with E-state index in [0.717, 1.165) is 0 Å². The first-order valence-corrected chi connectivity index (χ1v) is 5.47. The zero-order valence-corrected chi connectivity index (χ0v) is 10.6. The molecular formula is C13H19NO3. The lowest BCUT2D eigenvalue weighted by Crippen LogP contribution is -2.23. The van der Waals surface area contributed by atoms with E-state index in [2.05, 4.69) is 0 Å². The first-order valence-electron chi connectivity index (χ1n) is 5.47. The maximum Gasteiger partial charge on any atom is 0.325 e. The third kappa shape index (κ3) is 2.77. The van der Waals surface area contributed by atoms with Crippen LogP contribution in [0.3, 0.4) is 0 Å². The maximum absolute atomic E-state index is 10.9. The van der Waals surface area contributed by atoms with Gasteiger partial charge in [0.15, 0.2) is 0 Å². The first kappa shape index (κ1) is 13.5. The number of phenolic OH excluding ortho intramolecular Hbond substituents is 1. The summed E-state index contributed by atoms with van der Waals surface area (Å²) < 4.78 is 0. The van der Waals surface area contributed by atoms with Gasteiger partial charge in [0, 0.05) is 0 Å². The van der Waals surface area contributed by atoms with E-state index < -0.39 is 12.0 Å². The smallest absolute Gasteiger partial charge is 0.325 e.